The second-order valence-corrected chi connectivity index (χ2v) is 5.93. The Bertz CT molecular complexity index is 532. The van der Waals surface area contributed by atoms with Crippen LogP contribution in [0.5, 0.6) is 0 Å². The Balaban J connectivity index is 2.62. The molecule has 0 unspecified atom stereocenters. The van der Waals surface area contributed by atoms with E-state index < -0.39 is 10.2 Å². The molecule has 0 aromatic carbocycles. The smallest absolute Gasteiger partial charge is 0.270 e. The van der Waals surface area contributed by atoms with Gasteiger partial charge in [-0.15, -0.1) is 0 Å². The summed E-state index contributed by atoms with van der Waals surface area (Å²) in [5.74, 6) is 0.265. The second kappa shape index (κ2) is 7.11. The molecule has 1 heterocycles. The molecular formula is C11H19N5O2S. The molecular weight excluding hydrogens is 266 g/mol. The molecule has 0 aliphatic rings. The zero-order valence-electron chi connectivity index (χ0n) is 11.2. The first-order valence-corrected chi connectivity index (χ1v) is 7.58. The van der Waals surface area contributed by atoms with Gasteiger partial charge in [-0.2, -0.15) is 23.1 Å². The van der Waals surface area contributed by atoms with Gasteiger partial charge in [-0.05, 0) is 6.42 Å². The maximum absolute atomic E-state index is 11.9. The first-order chi connectivity index (χ1) is 8.99. The van der Waals surface area contributed by atoms with E-state index in [4.69, 9.17) is 5.26 Å². The average molecular weight is 285 g/mol. The average Bonchev–Trinajstić information content (AvgIpc) is 2.80. The fraction of sp³-hybridized carbons (Fsp3) is 0.636. The van der Waals surface area contributed by atoms with Crippen LogP contribution >= 0.6 is 0 Å². The second-order valence-electron chi connectivity index (χ2n) is 4.15. The van der Waals surface area contributed by atoms with Crippen molar-refractivity contribution < 1.29 is 8.42 Å². The normalized spacial score (nSPS) is 11.5. The standard InChI is InChI=1S/C11H19N5O2S/c1-3-4-8-15(2)19(17,18)14-11-6-10-16(13-11)9-5-7-12/h6,10H,3-5,8-9H2,1-2H3,(H,13,14). The molecule has 0 fully saturated rings. The Labute approximate surface area is 114 Å². The summed E-state index contributed by atoms with van der Waals surface area (Å²) in [7, 11) is -2.02. The molecule has 7 nitrogen and oxygen atoms in total. The van der Waals surface area contributed by atoms with Crippen molar-refractivity contribution in [3.8, 4) is 6.07 Å². The zero-order chi connectivity index (χ0) is 14.3. The van der Waals surface area contributed by atoms with Crippen molar-refractivity contribution in [2.45, 2.75) is 32.7 Å². The predicted molar refractivity (Wildman–Crippen MR) is 72.5 cm³/mol. The van der Waals surface area contributed by atoms with E-state index in [-0.39, 0.29) is 5.82 Å². The maximum atomic E-state index is 11.9. The lowest BCUT2D eigenvalue weighted by Crippen LogP contribution is -2.33. The van der Waals surface area contributed by atoms with Crippen LogP contribution in [0.1, 0.15) is 26.2 Å². The Morgan fingerprint density at radius 3 is 2.95 bits per heavy atom. The van der Waals surface area contributed by atoms with Gasteiger partial charge in [-0.3, -0.25) is 9.40 Å². The van der Waals surface area contributed by atoms with Gasteiger partial charge in [0.05, 0.1) is 19.0 Å². The molecule has 0 aliphatic carbocycles. The zero-order valence-corrected chi connectivity index (χ0v) is 12.0. The summed E-state index contributed by atoms with van der Waals surface area (Å²) < 4.78 is 29.1. The molecule has 0 saturated carbocycles. The van der Waals surface area contributed by atoms with Gasteiger partial charge in [0.15, 0.2) is 5.82 Å². The molecule has 1 aromatic heterocycles. The van der Waals surface area contributed by atoms with E-state index in [1.54, 1.807) is 12.3 Å². The molecule has 106 valence electrons. The molecule has 0 radical (unpaired) electrons. The SMILES string of the molecule is CCCCN(C)S(=O)(=O)Nc1ccn(CCC#N)n1. The van der Waals surface area contributed by atoms with E-state index in [2.05, 4.69) is 9.82 Å². The lowest BCUT2D eigenvalue weighted by Gasteiger charge is -2.16. The number of hydrogen-bond donors (Lipinski definition) is 1. The third-order valence-corrected chi connectivity index (χ3v) is 4.03. The van der Waals surface area contributed by atoms with Gasteiger partial charge in [0, 0.05) is 25.9 Å². The molecule has 0 atom stereocenters. The highest BCUT2D eigenvalue weighted by Crippen LogP contribution is 2.08. The number of nitriles is 1. The third-order valence-electron chi connectivity index (χ3n) is 2.56. The Kier molecular flexibility index (Phi) is 5.79. The van der Waals surface area contributed by atoms with Gasteiger partial charge in [-0.1, -0.05) is 13.3 Å². The van der Waals surface area contributed by atoms with Crippen molar-refractivity contribution in [1.82, 2.24) is 14.1 Å². The molecule has 8 heteroatoms. The quantitative estimate of drug-likeness (QED) is 0.776. The summed E-state index contributed by atoms with van der Waals surface area (Å²) in [5, 5.41) is 12.5. The minimum absolute atomic E-state index is 0.265. The molecule has 19 heavy (non-hydrogen) atoms. The monoisotopic (exact) mass is 285 g/mol. The number of nitrogens with one attached hydrogen (secondary N) is 1. The summed E-state index contributed by atoms with van der Waals surface area (Å²) in [6.07, 6.45) is 3.72. The maximum Gasteiger partial charge on any atom is 0.302 e. The number of aryl methyl sites for hydroxylation is 1. The molecule has 1 rings (SSSR count). The first kappa shape index (κ1) is 15.5. The van der Waals surface area contributed by atoms with Crippen molar-refractivity contribution in [2.24, 2.45) is 0 Å². The topological polar surface area (TPSA) is 91.0 Å². The van der Waals surface area contributed by atoms with E-state index in [0.717, 1.165) is 12.8 Å². The molecule has 1 aromatic rings. The van der Waals surface area contributed by atoms with Crippen LogP contribution in [0, 0.1) is 11.3 Å². The molecule has 0 bridgehead atoms. The molecule has 0 amide bonds. The van der Waals surface area contributed by atoms with Gasteiger partial charge in [-0.25, -0.2) is 0 Å². The van der Waals surface area contributed by atoms with Crippen molar-refractivity contribution >= 4 is 16.0 Å². The Morgan fingerprint density at radius 2 is 2.32 bits per heavy atom. The van der Waals surface area contributed by atoms with Crippen LogP contribution in [0.15, 0.2) is 12.3 Å². The lowest BCUT2D eigenvalue weighted by atomic mass is 10.3. The van der Waals surface area contributed by atoms with Crippen LogP contribution in [0.4, 0.5) is 5.82 Å². The summed E-state index contributed by atoms with van der Waals surface area (Å²) in [6, 6.07) is 3.58. The highest BCUT2D eigenvalue weighted by Gasteiger charge is 2.17. The molecule has 1 N–H and O–H groups in total. The van der Waals surface area contributed by atoms with Crippen molar-refractivity contribution in [3.63, 3.8) is 0 Å². The van der Waals surface area contributed by atoms with Gasteiger partial charge in [0.2, 0.25) is 0 Å². The number of aromatic nitrogens is 2. The van der Waals surface area contributed by atoms with Crippen LogP contribution in [0.3, 0.4) is 0 Å². The van der Waals surface area contributed by atoms with Gasteiger partial charge in [0.25, 0.3) is 0 Å². The fourth-order valence-electron chi connectivity index (χ4n) is 1.42. The lowest BCUT2D eigenvalue weighted by molar-refractivity contribution is 0.463. The van der Waals surface area contributed by atoms with Gasteiger partial charge >= 0.3 is 10.2 Å². The Hall–Kier alpha value is -1.59. The van der Waals surface area contributed by atoms with Crippen molar-refractivity contribution in [1.29, 1.82) is 5.26 Å². The van der Waals surface area contributed by atoms with Crippen molar-refractivity contribution in [2.75, 3.05) is 18.3 Å². The van der Waals surface area contributed by atoms with Crippen LogP contribution in [-0.2, 0) is 16.8 Å². The summed E-state index contributed by atoms with van der Waals surface area (Å²) in [6.45, 7) is 2.93. The number of nitrogens with zero attached hydrogens (tertiary/aromatic N) is 4. The fourth-order valence-corrected chi connectivity index (χ4v) is 2.31. The first-order valence-electron chi connectivity index (χ1n) is 6.14. The van der Waals surface area contributed by atoms with Gasteiger partial charge < -0.3 is 0 Å². The minimum atomic E-state index is -3.55. The third kappa shape index (κ3) is 4.89. The molecule has 0 saturated heterocycles. The van der Waals surface area contributed by atoms with Crippen molar-refractivity contribution in [3.05, 3.63) is 12.3 Å². The minimum Gasteiger partial charge on any atom is -0.270 e. The predicted octanol–water partition coefficient (Wildman–Crippen LogP) is 1.19. The van der Waals surface area contributed by atoms with Crippen LogP contribution in [0.25, 0.3) is 0 Å². The Morgan fingerprint density at radius 1 is 1.58 bits per heavy atom. The van der Waals surface area contributed by atoms with Crippen LogP contribution in [0.2, 0.25) is 0 Å². The van der Waals surface area contributed by atoms with E-state index in [1.807, 2.05) is 13.0 Å². The largest absolute Gasteiger partial charge is 0.302 e. The van der Waals surface area contributed by atoms with E-state index in [1.165, 1.54) is 16.0 Å². The molecule has 0 aliphatic heterocycles. The number of unbranched alkanes of at least 4 members (excludes halogenated alkanes) is 1. The number of anilines is 1. The summed E-state index contributed by atoms with van der Waals surface area (Å²) in [4.78, 5) is 0. The highest BCUT2D eigenvalue weighted by molar-refractivity contribution is 7.90. The van der Waals surface area contributed by atoms with E-state index in [0.29, 0.717) is 19.5 Å². The van der Waals surface area contributed by atoms with Gasteiger partial charge in [0.1, 0.15) is 0 Å². The summed E-state index contributed by atoms with van der Waals surface area (Å²) >= 11 is 0. The van der Waals surface area contributed by atoms with E-state index >= 15 is 0 Å². The van der Waals surface area contributed by atoms with Crippen LogP contribution < -0.4 is 4.72 Å². The summed E-state index contributed by atoms with van der Waals surface area (Å²) in [5.41, 5.74) is 0. The highest BCUT2D eigenvalue weighted by atomic mass is 32.2. The number of rotatable bonds is 8. The molecule has 0 spiro atoms. The van der Waals surface area contributed by atoms with Crippen LogP contribution in [-0.4, -0.2) is 36.1 Å². The van der Waals surface area contributed by atoms with E-state index in [9.17, 15) is 8.42 Å². The number of hydrogen-bond acceptors (Lipinski definition) is 4.